The molecule has 6 heteroatoms. The molecule has 0 saturated heterocycles. The number of azo groups is 1. The second-order valence-corrected chi connectivity index (χ2v) is 6.09. The molecule has 0 bridgehead atoms. The molecule has 0 spiro atoms. The van der Waals surface area contributed by atoms with Crippen molar-refractivity contribution in [2.75, 3.05) is 0 Å². The molecule has 5 nitrogen and oxygen atoms in total. The minimum atomic E-state index is -0.471. The first-order valence-electron chi connectivity index (χ1n) is 6.97. The fourth-order valence-corrected chi connectivity index (χ4v) is 2.86. The molecule has 3 aromatic rings. The quantitative estimate of drug-likeness (QED) is 0.652. The summed E-state index contributed by atoms with van der Waals surface area (Å²) in [6.07, 6.45) is 0. The smallest absolute Gasteiger partial charge is 0.296 e. The fourth-order valence-electron chi connectivity index (χ4n) is 2.41. The van der Waals surface area contributed by atoms with Crippen LogP contribution in [-0.2, 0) is 7.05 Å². The summed E-state index contributed by atoms with van der Waals surface area (Å²) < 4.78 is 2.27. The summed E-state index contributed by atoms with van der Waals surface area (Å²) in [6, 6.07) is 12.8. The molecule has 1 amide bonds. The van der Waals surface area contributed by atoms with E-state index in [0.717, 1.165) is 16.5 Å². The molecule has 0 aliphatic rings. The Bertz CT molecular complexity index is 944. The predicted molar refractivity (Wildman–Crippen MR) is 92.3 cm³/mol. The summed E-state index contributed by atoms with van der Waals surface area (Å²) in [5.41, 5.74) is 2.59. The Hall–Kier alpha value is -2.47. The maximum Gasteiger partial charge on any atom is 0.296 e. The number of fused-ring (bicyclic) bond motifs is 1. The van der Waals surface area contributed by atoms with Crippen molar-refractivity contribution in [3.05, 3.63) is 58.1 Å². The Labute approximate surface area is 141 Å². The molecule has 1 heterocycles. The van der Waals surface area contributed by atoms with Gasteiger partial charge in [-0.05, 0) is 47.1 Å². The van der Waals surface area contributed by atoms with Crippen molar-refractivity contribution in [1.29, 1.82) is 0 Å². The Kier molecular flexibility index (Phi) is 4.00. The van der Waals surface area contributed by atoms with Crippen LogP contribution in [0.15, 0.2) is 57.2 Å². The highest BCUT2D eigenvalue weighted by Gasteiger charge is 2.15. The number of carbonyl (C=O) groups is 1. The van der Waals surface area contributed by atoms with Crippen LogP contribution in [0.1, 0.15) is 15.9 Å². The average Bonchev–Trinajstić information content (AvgIpc) is 2.76. The molecule has 0 fully saturated rings. The molecular formula is C17H14BrN3O2. The van der Waals surface area contributed by atoms with Gasteiger partial charge in [-0.15, -0.1) is 10.2 Å². The third-order valence-electron chi connectivity index (χ3n) is 3.64. The minimum absolute atomic E-state index is 0.0192. The van der Waals surface area contributed by atoms with E-state index in [2.05, 4.69) is 26.2 Å². The molecule has 0 saturated carbocycles. The van der Waals surface area contributed by atoms with Gasteiger partial charge < -0.3 is 9.67 Å². The van der Waals surface area contributed by atoms with Crippen LogP contribution in [0.3, 0.4) is 0 Å². The summed E-state index contributed by atoms with van der Waals surface area (Å²) in [4.78, 5) is 12.2. The maximum absolute atomic E-state index is 12.2. The maximum atomic E-state index is 12.2. The Balaban J connectivity index is 2.05. The second kappa shape index (κ2) is 5.96. The van der Waals surface area contributed by atoms with Crippen molar-refractivity contribution in [3.8, 4) is 5.88 Å². The number of aromatic nitrogens is 1. The second-order valence-electron chi connectivity index (χ2n) is 5.24. The standard InChI is InChI=1S/C17H14BrN3O2/c1-10-7-8-14-12(9-10)15(17(23)21(14)2)19-20-16(22)11-5-3-4-6-13(11)18/h3-9,23H,1-2H3. The number of aromatic hydroxyl groups is 1. The lowest BCUT2D eigenvalue weighted by Crippen LogP contribution is -1.94. The van der Waals surface area contributed by atoms with Crippen LogP contribution in [-0.4, -0.2) is 15.6 Å². The molecule has 0 unspecified atom stereocenters. The van der Waals surface area contributed by atoms with E-state index in [4.69, 9.17) is 0 Å². The number of halogens is 1. The first-order valence-corrected chi connectivity index (χ1v) is 7.77. The number of amides is 1. The van der Waals surface area contributed by atoms with E-state index in [-0.39, 0.29) is 5.88 Å². The third-order valence-corrected chi connectivity index (χ3v) is 4.33. The van der Waals surface area contributed by atoms with E-state index in [1.165, 1.54) is 0 Å². The van der Waals surface area contributed by atoms with Crippen molar-refractivity contribution in [2.45, 2.75) is 6.92 Å². The lowest BCUT2D eigenvalue weighted by Gasteiger charge is -1.97. The minimum Gasteiger partial charge on any atom is -0.493 e. The summed E-state index contributed by atoms with van der Waals surface area (Å²) in [5, 5.41) is 18.8. The molecule has 0 aliphatic carbocycles. The van der Waals surface area contributed by atoms with Crippen molar-refractivity contribution in [2.24, 2.45) is 17.3 Å². The highest BCUT2D eigenvalue weighted by Crippen LogP contribution is 2.38. The lowest BCUT2D eigenvalue weighted by atomic mass is 10.1. The number of rotatable bonds is 2. The zero-order valence-electron chi connectivity index (χ0n) is 12.6. The third kappa shape index (κ3) is 2.77. The first-order chi connectivity index (χ1) is 11.0. The molecule has 0 radical (unpaired) electrons. The zero-order valence-corrected chi connectivity index (χ0v) is 14.2. The number of benzene rings is 2. The van der Waals surface area contributed by atoms with Gasteiger partial charge in [-0.3, -0.25) is 4.79 Å². The summed E-state index contributed by atoms with van der Waals surface area (Å²) in [7, 11) is 1.74. The van der Waals surface area contributed by atoms with Crippen LogP contribution >= 0.6 is 15.9 Å². The number of nitrogens with zero attached hydrogens (tertiary/aromatic N) is 3. The highest BCUT2D eigenvalue weighted by molar-refractivity contribution is 9.10. The molecule has 2 aromatic carbocycles. The molecule has 0 aliphatic heterocycles. The van der Waals surface area contributed by atoms with Crippen LogP contribution in [0.5, 0.6) is 5.88 Å². The molecule has 1 N–H and O–H groups in total. The molecule has 116 valence electrons. The van der Waals surface area contributed by atoms with Crippen LogP contribution in [0, 0.1) is 6.92 Å². The normalized spacial score (nSPS) is 11.4. The van der Waals surface area contributed by atoms with Crippen molar-refractivity contribution in [1.82, 2.24) is 4.57 Å². The van der Waals surface area contributed by atoms with Gasteiger partial charge in [-0.1, -0.05) is 23.8 Å². The lowest BCUT2D eigenvalue weighted by molar-refractivity contribution is 0.0994. The predicted octanol–water partition coefficient (Wildman–Crippen LogP) is 4.88. The van der Waals surface area contributed by atoms with Gasteiger partial charge >= 0.3 is 0 Å². The Morgan fingerprint density at radius 2 is 1.96 bits per heavy atom. The average molecular weight is 372 g/mol. The van der Waals surface area contributed by atoms with E-state index < -0.39 is 5.91 Å². The van der Waals surface area contributed by atoms with E-state index in [1.807, 2.05) is 31.2 Å². The molecule has 1 aromatic heterocycles. The number of carbonyl (C=O) groups excluding carboxylic acids is 1. The SMILES string of the molecule is Cc1ccc2c(c1)c(N=NC(=O)c1ccccc1Br)c(O)n2C. The number of hydrogen-bond donors (Lipinski definition) is 1. The van der Waals surface area contributed by atoms with E-state index in [1.54, 1.807) is 29.8 Å². The first kappa shape index (κ1) is 15.4. The number of hydrogen-bond acceptors (Lipinski definition) is 3. The van der Waals surface area contributed by atoms with Crippen molar-refractivity contribution < 1.29 is 9.90 Å². The largest absolute Gasteiger partial charge is 0.493 e. The summed E-state index contributed by atoms with van der Waals surface area (Å²) in [5.74, 6) is -0.490. The highest BCUT2D eigenvalue weighted by atomic mass is 79.9. The van der Waals surface area contributed by atoms with Crippen LogP contribution in [0.4, 0.5) is 5.69 Å². The van der Waals surface area contributed by atoms with Crippen LogP contribution < -0.4 is 0 Å². The van der Waals surface area contributed by atoms with Gasteiger partial charge in [0.15, 0.2) is 5.69 Å². The molecule has 0 atom stereocenters. The van der Waals surface area contributed by atoms with Crippen LogP contribution in [0.2, 0.25) is 0 Å². The molecule has 3 rings (SSSR count). The summed E-state index contributed by atoms with van der Waals surface area (Å²) >= 11 is 3.32. The van der Waals surface area contributed by atoms with Gasteiger partial charge in [0.05, 0.1) is 11.1 Å². The van der Waals surface area contributed by atoms with Gasteiger partial charge in [0.1, 0.15) is 0 Å². The van der Waals surface area contributed by atoms with Gasteiger partial charge in [-0.25, -0.2) is 0 Å². The summed E-state index contributed by atoms with van der Waals surface area (Å²) in [6.45, 7) is 1.96. The topological polar surface area (TPSA) is 66.9 Å². The monoisotopic (exact) mass is 371 g/mol. The Morgan fingerprint density at radius 3 is 2.70 bits per heavy atom. The Morgan fingerprint density at radius 1 is 1.22 bits per heavy atom. The fraction of sp³-hybridized carbons (Fsp3) is 0.118. The zero-order chi connectivity index (χ0) is 16.6. The van der Waals surface area contributed by atoms with Gasteiger partial charge in [0, 0.05) is 16.9 Å². The molecular weight excluding hydrogens is 358 g/mol. The van der Waals surface area contributed by atoms with E-state index >= 15 is 0 Å². The van der Waals surface area contributed by atoms with Crippen LogP contribution in [0.25, 0.3) is 10.9 Å². The van der Waals surface area contributed by atoms with Crippen molar-refractivity contribution >= 4 is 38.4 Å². The van der Waals surface area contributed by atoms with E-state index in [0.29, 0.717) is 15.7 Å². The van der Waals surface area contributed by atoms with Gasteiger partial charge in [-0.2, -0.15) is 0 Å². The van der Waals surface area contributed by atoms with Gasteiger partial charge in [0.25, 0.3) is 5.91 Å². The van der Waals surface area contributed by atoms with Crippen molar-refractivity contribution in [3.63, 3.8) is 0 Å². The molecule has 23 heavy (non-hydrogen) atoms. The van der Waals surface area contributed by atoms with Gasteiger partial charge in [0.2, 0.25) is 5.88 Å². The number of aryl methyl sites for hydroxylation is 2. The van der Waals surface area contributed by atoms with E-state index in [9.17, 15) is 9.90 Å².